The second-order valence-electron chi connectivity index (χ2n) is 7.01. The number of anilines is 2. The van der Waals surface area contributed by atoms with Crippen LogP contribution in [-0.2, 0) is 10.0 Å². The number of carbonyl (C=O) groups is 1. The zero-order valence-corrected chi connectivity index (χ0v) is 18.1. The summed E-state index contributed by atoms with van der Waals surface area (Å²) in [4.78, 5) is 12.8. The van der Waals surface area contributed by atoms with E-state index in [1.165, 1.54) is 19.2 Å². The van der Waals surface area contributed by atoms with Crippen molar-refractivity contribution in [1.82, 2.24) is 0 Å². The summed E-state index contributed by atoms with van der Waals surface area (Å²) in [6, 6.07) is 16.7. The molecule has 0 saturated heterocycles. The Balaban J connectivity index is 1.79. The molecule has 0 aliphatic rings. The predicted octanol–water partition coefficient (Wildman–Crippen LogP) is 4.67. The minimum absolute atomic E-state index is 0.124. The van der Waals surface area contributed by atoms with Gasteiger partial charge in [-0.3, -0.25) is 9.52 Å². The fraction of sp³-hybridized carbons (Fsp3) is 0.174. The third-order valence-electron chi connectivity index (χ3n) is 4.96. The lowest BCUT2D eigenvalue weighted by Gasteiger charge is -2.13. The summed E-state index contributed by atoms with van der Waals surface area (Å²) in [5.41, 5.74) is 4.34. The van der Waals surface area contributed by atoms with Gasteiger partial charge in [-0.05, 0) is 86.0 Å². The average molecular weight is 425 g/mol. The zero-order valence-electron chi connectivity index (χ0n) is 17.3. The Morgan fingerprint density at radius 3 is 2.20 bits per heavy atom. The highest BCUT2D eigenvalue weighted by molar-refractivity contribution is 7.92. The molecular formula is C23H24N2O4S. The Morgan fingerprint density at radius 1 is 0.867 bits per heavy atom. The van der Waals surface area contributed by atoms with E-state index >= 15 is 0 Å². The smallest absolute Gasteiger partial charge is 0.261 e. The van der Waals surface area contributed by atoms with Gasteiger partial charge in [0.05, 0.1) is 17.7 Å². The van der Waals surface area contributed by atoms with Gasteiger partial charge in [0.15, 0.2) is 0 Å². The first-order valence-corrected chi connectivity index (χ1v) is 10.8. The van der Waals surface area contributed by atoms with Gasteiger partial charge in [0.1, 0.15) is 5.75 Å². The predicted molar refractivity (Wildman–Crippen MR) is 119 cm³/mol. The SMILES string of the molecule is COc1ccc(S(=O)(=O)Nc2ccc(C(=O)Nc3cccc(C)c3C)cc2C)cc1. The van der Waals surface area contributed by atoms with E-state index in [2.05, 4.69) is 10.0 Å². The van der Waals surface area contributed by atoms with Crippen molar-refractivity contribution < 1.29 is 17.9 Å². The van der Waals surface area contributed by atoms with Gasteiger partial charge < -0.3 is 10.1 Å². The fourth-order valence-corrected chi connectivity index (χ4v) is 4.09. The fourth-order valence-electron chi connectivity index (χ4n) is 2.96. The lowest BCUT2D eigenvalue weighted by atomic mass is 10.1. The van der Waals surface area contributed by atoms with Crippen molar-refractivity contribution in [1.29, 1.82) is 0 Å². The number of sulfonamides is 1. The average Bonchev–Trinajstić information content (AvgIpc) is 2.72. The maximum absolute atomic E-state index is 12.7. The summed E-state index contributed by atoms with van der Waals surface area (Å²) in [6.07, 6.45) is 0. The maximum atomic E-state index is 12.7. The molecule has 0 unspecified atom stereocenters. The second kappa shape index (κ2) is 8.59. The van der Waals surface area contributed by atoms with Crippen LogP contribution in [0.25, 0.3) is 0 Å². The standard InChI is InChI=1S/C23H24N2O4S/c1-15-6-5-7-22(17(15)3)24-23(26)18-8-13-21(16(2)14-18)25-30(27,28)20-11-9-19(29-4)10-12-20/h5-14,25H,1-4H3,(H,24,26). The molecule has 0 radical (unpaired) electrons. The van der Waals surface area contributed by atoms with Gasteiger partial charge in [-0.1, -0.05) is 12.1 Å². The molecule has 0 atom stereocenters. The molecule has 0 fully saturated rings. The van der Waals surface area contributed by atoms with Crippen LogP contribution in [0.1, 0.15) is 27.0 Å². The van der Waals surface area contributed by atoms with Crippen LogP contribution in [-0.4, -0.2) is 21.4 Å². The maximum Gasteiger partial charge on any atom is 0.261 e. The largest absolute Gasteiger partial charge is 0.497 e. The molecule has 3 aromatic carbocycles. The normalized spacial score (nSPS) is 11.1. The van der Waals surface area contributed by atoms with Crippen LogP contribution in [0.5, 0.6) is 5.75 Å². The minimum atomic E-state index is -3.76. The van der Waals surface area contributed by atoms with E-state index in [0.29, 0.717) is 22.6 Å². The number of hydrogen-bond acceptors (Lipinski definition) is 4. The molecule has 0 saturated carbocycles. The molecule has 3 rings (SSSR count). The van der Waals surface area contributed by atoms with E-state index in [9.17, 15) is 13.2 Å². The van der Waals surface area contributed by atoms with E-state index < -0.39 is 10.0 Å². The quantitative estimate of drug-likeness (QED) is 0.602. The van der Waals surface area contributed by atoms with E-state index in [4.69, 9.17) is 4.74 Å². The highest BCUT2D eigenvalue weighted by Gasteiger charge is 2.17. The number of nitrogens with one attached hydrogen (secondary N) is 2. The molecule has 0 aromatic heterocycles. The summed E-state index contributed by atoms with van der Waals surface area (Å²) < 4.78 is 32.9. The molecule has 7 heteroatoms. The first kappa shape index (κ1) is 21.4. The molecular weight excluding hydrogens is 400 g/mol. The van der Waals surface area contributed by atoms with Gasteiger partial charge in [-0.2, -0.15) is 0 Å². The summed E-state index contributed by atoms with van der Waals surface area (Å²) >= 11 is 0. The molecule has 0 heterocycles. The van der Waals surface area contributed by atoms with Crippen LogP contribution in [0.2, 0.25) is 0 Å². The summed E-state index contributed by atoms with van der Waals surface area (Å²) in [6.45, 7) is 5.69. The molecule has 0 bridgehead atoms. The molecule has 1 amide bonds. The monoisotopic (exact) mass is 424 g/mol. The zero-order chi connectivity index (χ0) is 21.9. The molecule has 6 nitrogen and oxygen atoms in total. The van der Waals surface area contributed by atoms with Crippen LogP contribution < -0.4 is 14.8 Å². The lowest BCUT2D eigenvalue weighted by Crippen LogP contribution is -2.16. The van der Waals surface area contributed by atoms with Gasteiger partial charge in [-0.15, -0.1) is 0 Å². The van der Waals surface area contributed by atoms with Crippen LogP contribution >= 0.6 is 0 Å². The Labute approximate surface area is 177 Å². The van der Waals surface area contributed by atoms with E-state index in [1.54, 1.807) is 37.3 Å². The number of amides is 1. The molecule has 30 heavy (non-hydrogen) atoms. The molecule has 2 N–H and O–H groups in total. The Morgan fingerprint density at radius 2 is 1.57 bits per heavy atom. The van der Waals surface area contributed by atoms with Crippen molar-refractivity contribution in [2.75, 3.05) is 17.1 Å². The lowest BCUT2D eigenvalue weighted by molar-refractivity contribution is 0.102. The Kier molecular flexibility index (Phi) is 6.12. The van der Waals surface area contributed by atoms with Gasteiger partial charge in [-0.25, -0.2) is 8.42 Å². The van der Waals surface area contributed by atoms with Crippen LogP contribution in [0.4, 0.5) is 11.4 Å². The Bertz CT molecular complexity index is 1190. The number of carbonyl (C=O) groups excluding carboxylic acids is 1. The second-order valence-corrected chi connectivity index (χ2v) is 8.69. The Hall–Kier alpha value is -3.32. The van der Waals surface area contributed by atoms with Crippen LogP contribution in [0.3, 0.4) is 0 Å². The molecule has 156 valence electrons. The molecule has 0 spiro atoms. The van der Waals surface area contributed by atoms with Crippen molar-refractivity contribution in [2.45, 2.75) is 25.7 Å². The number of hydrogen-bond donors (Lipinski definition) is 2. The van der Waals surface area contributed by atoms with Gasteiger partial charge in [0.25, 0.3) is 15.9 Å². The molecule has 0 aliphatic carbocycles. The number of aryl methyl sites for hydroxylation is 2. The third-order valence-corrected chi connectivity index (χ3v) is 6.34. The first-order valence-electron chi connectivity index (χ1n) is 9.36. The first-order chi connectivity index (χ1) is 14.2. The molecule has 0 aliphatic heterocycles. The van der Waals surface area contributed by atoms with Crippen molar-refractivity contribution in [3.8, 4) is 5.75 Å². The van der Waals surface area contributed by atoms with Gasteiger partial charge in [0.2, 0.25) is 0 Å². The summed E-state index contributed by atoms with van der Waals surface area (Å²) in [5.74, 6) is 0.320. The van der Waals surface area contributed by atoms with E-state index in [1.807, 2.05) is 32.0 Å². The topological polar surface area (TPSA) is 84.5 Å². The third kappa shape index (κ3) is 4.63. The van der Waals surface area contributed by atoms with Crippen LogP contribution in [0.15, 0.2) is 65.6 Å². The molecule has 3 aromatic rings. The minimum Gasteiger partial charge on any atom is -0.497 e. The number of ether oxygens (including phenoxy) is 1. The van der Waals surface area contributed by atoms with E-state index in [0.717, 1.165) is 16.8 Å². The summed E-state index contributed by atoms with van der Waals surface area (Å²) in [7, 11) is -2.24. The number of methoxy groups -OCH3 is 1. The van der Waals surface area contributed by atoms with Crippen molar-refractivity contribution in [2.24, 2.45) is 0 Å². The highest BCUT2D eigenvalue weighted by Crippen LogP contribution is 2.24. The van der Waals surface area contributed by atoms with Gasteiger partial charge in [0, 0.05) is 11.3 Å². The summed E-state index contributed by atoms with van der Waals surface area (Å²) in [5, 5.41) is 2.91. The van der Waals surface area contributed by atoms with Crippen molar-refractivity contribution >= 4 is 27.3 Å². The van der Waals surface area contributed by atoms with Crippen LogP contribution in [0, 0.1) is 20.8 Å². The number of benzene rings is 3. The van der Waals surface area contributed by atoms with Gasteiger partial charge >= 0.3 is 0 Å². The van der Waals surface area contributed by atoms with E-state index in [-0.39, 0.29) is 10.8 Å². The van der Waals surface area contributed by atoms with Crippen molar-refractivity contribution in [3.05, 3.63) is 82.9 Å². The highest BCUT2D eigenvalue weighted by atomic mass is 32.2. The van der Waals surface area contributed by atoms with Crippen molar-refractivity contribution in [3.63, 3.8) is 0 Å². The number of rotatable bonds is 6.